The standard InChI is InChI=1S/C15H17N5O2/c21-15-6-10-2-1-3-11(10)19-20(15)13-9-22-8-12(13)18-14-7-16-4-5-17-14/h4-7,12-13H,1-3,8-9H2,(H,17,18). The second-order valence-corrected chi connectivity index (χ2v) is 5.70. The molecule has 3 heterocycles. The molecule has 1 N–H and O–H groups in total. The van der Waals surface area contributed by atoms with Crippen molar-refractivity contribution >= 4 is 5.82 Å². The van der Waals surface area contributed by atoms with Gasteiger partial charge < -0.3 is 10.1 Å². The lowest BCUT2D eigenvalue weighted by Gasteiger charge is -2.21. The van der Waals surface area contributed by atoms with E-state index in [9.17, 15) is 4.79 Å². The Labute approximate surface area is 127 Å². The lowest BCUT2D eigenvalue weighted by Crippen LogP contribution is -2.38. The van der Waals surface area contributed by atoms with Gasteiger partial charge in [0, 0.05) is 18.5 Å². The smallest absolute Gasteiger partial charge is 0.267 e. The summed E-state index contributed by atoms with van der Waals surface area (Å²) in [6.07, 6.45) is 7.90. The molecule has 0 aromatic carbocycles. The molecule has 0 bridgehead atoms. The molecule has 4 rings (SSSR count). The summed E-state index contributed by atoms with van der Waals surface area (Å²) in [5.74, 6) is 0.678. The molecule has 0 radical (unpaired) electrons. The highest BCUT2D eigenvalue weighted by atomic mass is 16.5. The Kier molecular flexibility index (Phi) is 3.34. The normalized spacial score (nSPS) is 23.5. The van der Waals surface area contributed by atoms with E-state index in [1.54, 1.807) is 29.3 Å². The first-order valence-corrected chi connectivity index (χ1v) is 7.53. The number of rotatable bonds is 3. The van der Waals surface area contributed by atoms with Crippen LogP contribution < -0.4 is 10.9 Å². The quantitative estimate of drug-likeness (QED) is 0.892. The Balaban J connectivity index is 1.63. The van der Waals surface area contributed by atoms with Crippen LogP contribution in [0.2, 0.25) is 0 Å². The van der Waals surface area contributed by atoms with E-state index in [4.69, 9.17) is 4.74 Å². The molecule has 7 nitrogen and oxygen atoms in total. The molecule has 7 heteroatoms. The summed E-state index contributed by atoms with van der Waals surface area (Å²) in [6, 6.07) is 1.56. The third-order valence-electron chi connectivity index (χ3n) is 4.24. The predicted molar refractivity (Wildman–Crippen MR) is 79.8 cm³/mol. The first-order valence-electron chi connectivity index (χ1n) is 7.53. The Hall–Kier alpha value is -2.28. The summed E-state index contributed by atoms with van der Waals surface area (Å²) >= 11 is 0. The number of aryl methyl sites for hydroxylation is 2. The number of aromatic nitrogens is 4. The zero-order valence-corrected chi connectivity index (χ0v) is 12.1. The highest BCUT2D eigenvalue weighted by Gasteiger charge is 2.32. The largest absolute Gasteiger partial charge is 0.377 e. The van der Waals surface area contributed by atoms with Crippen molar-refractivity contribution in [2.24, 2.45) is 0 Å². The van der Waals surface area contributed by atoms with Crippen molar-refractivity contribution in [3.05, 3.63) is 46.3 Å². The molecule has 1 aliphatic carbocycles. The molecule has 114 valence electrons. The number of anilines is 1. The lowest BCUT2D eigenvalue weighted by atomic mass is 10.1. The highest BCUT2D eigenvalue weighted by molar-refractivity contribution is 5.32. The molecule has 2 atom stereocenters. The van der Waals surface area contributed by atoms with Crippen molar-refractivity contribution in [3.8, 4) is 0 Å². The van der Waals surface area contributed by atoms with Crippen molar-refractivity contribution in [2.45, 2.75) is 31.3 Å². The van der Waals surface area contributed by atoms with Crippen molar-refractivity contribution in [1.29, 1.82) is 0 Å². The van der Waals surface area contributed by atoms with Gasteiger partial charge in [-0.25, -0.2) is 9.67 Å². The molecule has 0 saturated carbocycles. The second kappa shape index (κ2) is 5.49. The topological polar surface area (TPSA) is 81.9 Å². The fourth-order valence-electron chi connectivity index (χ4n) is 3.14. The Morgan fingerprint density at radius 2 is 2.23 bits per heavy atom. The Bertz CT molecular complexity index is 730. The third-order valence-corrected chi connectivity index (χ3v) is 4.24. The van der Waals surface area contributed by atoms with Gasteiger partial charge in [0.1, 0.15) is 11.9 Å². The average Bonchev–Trinajstić information content (AvgIpc) is 3.16. The summed E-state index contributed by atoms with van der Waals surface area (Å²) in [6.45, 7) is 0.996. The summed E-state index contributed by atoms with van der Waals surface area (Å²) in [4.78, 5) is 20.6. The maximum Gasteiger partial charge on any atom is 0.267 e. The molecule has 2 aliphatic rings. The van der Waals surface area contributed by atoms with Crippen molar-refractivity contribution < 1.29 is 4.74 Å². The minimum Gasteiger partial charge on any atom is -0.377 e. The maximum atomic E-state index is 12.4. The minimum absolute atomic E-state index is 0.0404. The van der Waals surface area contributed by atoms with Crippen LogP contribution in [0, 0.1) is 0 Å². The molecule has 2 aromatic heterocycles. The molecule has 1 fully saturated rings. The van der Waals surface area contributed by atoms with E-state index in [0.29, 0.717) is 19.0 Å². The van der Waals surface area contributed by atoms with E-state index in [1.807, 2.05) is 0 Å². The zero-order chi connectivity index (χ0) is 14.9. The summed E-state index contributed by atoms with van der Waals surface area (Å²) in [5.41, 5.74) is 2.09. The van der Waals surface area contributed by atoms with Crippen LogP contribution in [0.15, 0.2) is 29.5 Å². The third kappa shape index (κ3) is 2.37. The van der Waals surface area contributed by atoms with Crippen LogP contribution in [0.5, 0.6) is 0 Å². The summed E-state index contributed by atoms with van der Waals surface area (Å²) in [7, 11) is 0. The van der Waals surface area contributed by atoms with Crippen LogP contribution in [-0.4, -0.2) is 39.0 Å². The highest BCUT2D eigenvalue weighted by Crippen LogP contribution is 2.23. The predicted octanol–water partition coefficient (Wildman–Crippen LogP) is 0.574. The number of nitrogens with one attached hydrogen (secondary N) is 1. The van der Waals surface area contributed by atoms with E-state index in [2.05, 4.69) is 20.4 Å². The SMILES string of the molecule is O=c1cc2c(nn1C1COCC1Nc1cnccn1)CCC2. The molecule has 2 unspecified atom stereocenters. The molecule has 0 spiro atoms. The first-order chi connectivity index (χ1) is 10.8. The monoisotopic (exact) mass is 299 g/mol. The summed E-state index contributed by atoms with van der Waals surface area (Å²) < 4.78 is 7.13. The van der Waals surface area contributed by atoms with E-state index in [1.165, 1.54) is 0 Å². The van der Waals surface area contributed by atoms with Gasteiger partial charge >= 0.3 is 0 Å². The molecule has 22 heavy (non-hydrogen) atoms. The number of hydrogen-bond donors (Lipinski definition) is 1. The van der Waals surface area contributed by atoms with Gasteiger partial charge in [0.05, 0.1) is 31.1 Å². The van der Waals surface area contributed by atoms with E-state index >= 15 is 0 Å². The van der Waals surface area contributed by atoms with Gasteiger partial charge in [0.2, 0.25) is 0 Å². The van der Waals surface area contributed by atoms with Crippen LogP contribution in [0.4, 0.5) is 5.82 Å². The van der Waals surface area contributed by atoms with Crippen molar-refractivity contribution in [2.75, 3.05) is 18.5 Å². The fraction of sp³-hybridized carbons (Fsp3) is 0.467. The average molecular weight is 299 g/mol. The lowest BCUT2D eigenvalue weighted by molar-refractivity contribution is 0.182. The van der Waals surface area contributed by atoms with Gasteiger partial charge in [0.15, 0.2) is 0 Å². The molecular weight excluding hydrogens is 282 g/mol. The van der Waals surface area contributed by atoms with Gasteiger partial charge in [-0.15, -0.1) is 0 Å². The molecule has 1 saturated heterocycles. The Morgan fingerprint density at radius 1 is 1.27 bits per heavy atom. The number of fused-ring (bicyclic) bond motifs is 1. The fourth-order valence-corrected chi connectivity index (χ4v) is 3.14. The number of hydrogen-bond acceptors (Lipinski definition) is 6. The molecule has 2 aromatic rings. The number of ether oxygens (including phenoxy) is 1. The van der Waals surface area contributed by atoms with Crippen molar-refractivity contribution in [1.82, 2.24) is 19.7 Å². The van der Waals surface area contributed by atoms with Gasteiger partial charge in [0.25, 0.3) is 5.56 Å². The summed E-state index contributed by atoms with van der Waals surface area (Å²) in [5, 5.41) is 7.86. The van der Waals surface area contributed by atoms with Crippen LogP contribution in [0.3, 0.4) is 0 Å². The molecule has 1 aliphatic heterocycles. The maximum absolute atomic E-state index is 12.4. The van der Waals surface area contributed by atoms with Crippen molar-refractivity contribution in [3.63, 3.8) is 0 Å². The molecular formula is C15H17N5O2. The molecule has 0 amide bonds. The van der Waals surface area contributed by atoms with E-state index < -0.39 is 0 Å². The first kappa shape index (κ1) is 13.4. The minimum atomic E-state index is -0.125. The number of nitrogens with zero attached hydrogens (tertiary/aromatic N) is 4. The second-order valence-electron chi connectivity index (χ2n) is 5.70. The van der Waals surface area contributed by atoms with Crippen LogP contribution in [0.1, 0.15) is 23.7 Å². The van der Waals surface area contributed by atoms with Gasteiger partial charge in [-0.1, -0.05) is 0 Å². The van der Waals surface area contributed by atoms with Gasteiger partial charge in [-0.3, -0.25) is 9.78 Å². The van der Waals surface area contributed by atoms with Crippen LogP contribution in [0.25, 0.3) is 0 Å². The van der Waals surface area contributed by atoms with E-state index in [-0.39, 0.29) is 17.6 Å². The zero-order valence-electron chi connectivity index (χ0n) is 12.1. The van der Waals surface area contributed by atoms with Crippen LogP contribution in [-0.2, 0) is 17.6 Å². The van der Waals surface area contributed by atoms with E-state index in [0.717, 1.165) is 30.5 Å². The van der Waals surface area contributed by atoms with Gasteiger partial charge in [-0.05, 0) is 24.8 Å². The van der Waals surface area contributed by atoms with Crippen LogP contribution >= 0.6 is 0 Å². The Morgan fingerprint density at radius 3 is 3.09 bits per heavy atom. The van der Waals surface area contributed by atoms with Gasteiger partial charge in [-0.2, -0.15) is 5.10 Å².